The minimum absolute atomic E-state index is 0.00388. The molecule has 9 heteroatoms. The number of pyridine rings is 1. The Kier molecular flexibility index (Phi) is 7.43. The number of aliphatic carboxylic acids is 1. The number of nitrogens with one attached hydrogen (secondary N) is 1. The van der Waals surface area contributed by atoms with Gasteiger partial charge in [0, 0.05) is 29.6 Å². The Morgan fingerprint density at radius 1 is 1.08 bits per heavy atom. The summed E-state index contributed by atoms with van der Waals surface area (Å²) in [7, 11) is 1.47. The average molecular weight is 527 g/mol. The normalized spacial score (nSPS) is 11.8. The first-order valence-electron chi connectivity index (χ1n) is 10.9. The quantitative estimate of drug-likeness (QED) is 0.304. The van der Waals surface area contributed by atoms with Crippen LogP contribution in [-0.4, -0.2) is 35.1 Å². The Bertz CT molecular complexity index is 1470. The van der Waals surface area contributed by atoms with Gasteiger partial charge in [-0.3, -0.25) is 9.78 Å². The highest BCUT2D eigenvalue weighted by Gasteiger charge is 2.25. The van der Waals surface area contributed by atoms with Gasteiger partial charge in [-0.2, -0.15) is 0 Å². The summed E-state index contributed by atoms with van der Waals surface area (Å²) in [5.41, 5.74) is 3.04. The van der Waals surface area contributed by atoms with Crippen molar-refractivity contribution in [3.05, 3.63) is 93.3 Å². The maximum absolute atomic E-state index is 14.1. The Hall–Kier alpha value is -3.68. The summed E-state index contributed by atoms with van der Waals surface area (Å²) in [5.74, 6) is -1.94. The first-order chi connectivity index (χ1) is 17.2. The molecule has 0 fully saturated rings. The summed E-state index contributed by atoms with van der Waals surface area (Å²) in [6.07, 6.45) is 1.55. The van der Waals surface area contributed by atoms with Gasteiger partial charge in [0.05, 0.1) is 28.2 Å². The first-order valence-corrected chi connectivity index (χ1v) is 11.7. The van der Waals surface area contributed by atoms with E-state index in [2.05, 4.69) is 10.3 Å². The fourth-order valence-electron chi connectivity index (χ4n) is 4.04. The zero-order valence-electron chi connectivity index (χ0n) is 19.3. The van der Waals surface area contributed by atoms with Crippen molar-refractivity contribution in [2.75, 3.05) is 7.11 Å². The summed E-state index contributed by atoms with van der Waals surface area (Å²) >= 11 is 12.2. The highest BCUT2D eigenvalue weighted by molar-refractivity contribution is 6.39. The number of benzene rings is 3. The van der Waals surface area contributed by atoms with Crippen LogP contribution in [0.4, 0.5) is 4.39 Å². The molecule has 1 atom stereocenters. The lowest BCUT2D eigenvalue weighted by atomic mass is 9.93. The molecule has 1 aromatic heterocycles. The van der Waals surface area contributed by atoms with Gasteiger partial charge in [0.1, 0.15) is 17.6 Å². The molecule has 3 aromatic carbocycles. The predicted molar refractivity (Wildman–Crippen MR) is 137 cm³/mol. The van der Waals surface area contributed by atoms with E-state index >= 15 is 0 Å². The molecule has 0 radical (unpaired) electrons. The van der Waals surface area contributed by atoms with Crippen molar-refractivity contribution in [1.29, 1.82) is 0 Å². The van der Waals surface area contributed by atoms with Gasteiger partial charge in [-0.15, -0.1) is 0 Å². The fourth-order valence-corrected chi connectivity index (χ4v) is 4.61. The van der Waals surface area contributed by atoms with Gasteiger partial charge in [0.25, 0.3) is 5.91 Å². The summed E-state index contributed by atoms with van der Waals surface area (Å²) in [6, 6.07) is 13.5. The second-order valence-corrected chi connectivity index (χ2v) is 8.95. The summed E-state index contributed by atoms with van der Waals surface area (Å²) in [6.45, 7) is 1.67. The molecule has 1 amide bonds. The summed E-state index contributed by atoms with van der Waals surface area (Å²) in [4.78, 5) is 29.4. The molecule has 4 rings (SSSR count). The smallest absolute Gasteiger partial charge is 0.326 e. The number of halogens is 3. The first kappa shape index (κ1) is 25.4. The van der Waals surface area contributed by atoms with Crippen molar-refractivity contribution in [2.45, 2.75) is 19.4 Å². The van der Waals surface area contributed by atoms with Gasteiger partial charge in [-0.1, -0.05) is 47.5 Å². The molecule has 0 saturated carbocycles. The van der Waals surface area contributed by atoms with E-state index in [0.29, 0.717) is 28.0 Å². The predicted octanol–water partition coefficient (Wildman–Crippen LogP) is 6.09. The zero-order chi connectivity index (χ0) is 26.0. The lowest BCUT2D eigenvalue weighted by Gasteiger charge is -2.18. The van der Waals surface area contributed by atoms with Crippen molar-refractivity contribution < 1.29 is 23.8 Å². The number of carboxylic acids is 1. The van der Waals surface area contributed by atoms with Gasteiger partial charge in [-0.25, -0.2) is 9.18 Å². The van der Waals surface area contributed by atoms with Crippen LogP contribution >= 0.6 is 23.2 Å². The maximum atomic E-state index is 14.1. The Morgan fingerprint density at radius 2 is 1.81 bits per heavy atom. The van der Waals surface area contributed by atoms with E-state index in [4.69, 9.17) is 27.9 Å². The molecule has 0 aliphatic rings. The molecule has 6 nitrogen and oxygen atoms in total. The van der Waals surface area contributed by atoms with E-state index in [0.717, 1.165) is 10.9 Å². The number of carbonyl (C=O) groups is 2. The van der Waals surface area contributed by atoms with E-state index in [1.54, 1.807) is 43.5 Å². The maximum Gasteiger partial charge on any atom is 0.326 e. The number of hydrogen-bond donors (Lipinski definition) is 2. The molecule has 36 heavy (non-hydrogen) atoms. The number of aromatic nitrogens is 1. The fraction of sp³-hybridized carbons (Fsp3) is 0.148. The van der Waals surface area contributed by atoms with E-state index < -0.39 is 17.9 Å². The van der Waals surface area contributed by atoms with Crippen molar-refractivity contribution in [1.82, 2.24) is 10.3 Å². The highest BCUT2D eigenvalue weighted by Crippen LogP contribution is 2.37. The van der Waals surface area contributed by atoms with Crippen LogP contribution < -0.4 is 10.1 Å². The van der Waals surface area contributed by atoms with Crippen LogP contribution in [0.5, 0.6) is 5.75 Å². The lowest BCUT2D eigenvalue weighted by molar-refractivity contribution is -0.139. The third kappa shape index (κ3) is 4.98. The molecule has 0 spiro atoms. The van der Waals surface area contributed by atoms with Crippen LogP contribution in [-0.2, 0) is 11.2 Å². The molecule has 0 unspecified atom stereocenters. The minimum Gasteiger partial charge on any atom is -0.496 e. The third-order valence-corrected chi connectivity index (χ3v) is 6.47. The number of nitrogens with zero attached hydrogens (tertiary/aromatic N) is 1. The Balaban J connectivity index is 1.74. The number of carboxylic acid groups (broad SMARTS) is 1. The van der Waals surface area contributed by atoms with Crippen LogP contribution in [0.15, 0.2) is 60.8 Å². The second kappa shape index (κ2) is 10.5. The number of fused-ring (bicyclic) bond motifs is 1. The van der Waals surface area contributed by atoms with Crippen LogP contribution in [0.25, 0.3) is 22.0 Å². The highest BCUT2D eigenvalue weighted by atomic mass is 35.5. The minimum atomic E-state index is -1.27. The van der Waals surface area contributed by atoms with E-state index in [9.17, 15) is 19.1 Å². The average Bonchev–Trinajstić information content (AvgIpc) is 2.85. The van der Waals surface area contributed by atoms with Crippen molar-refractivity contribution in [3.63, 3.8) is 0 Å². The van der Waals surface area contributed by atoms with Crippen LogP contribution in [0, 0.1) is 12.7 Å². The van der Waals surface area contributed by atoms with Gasteiger partial charge in [0.2, 0.25) is 0 Å². The topological polar surface area (TPSA) is 88.5 Å². The number of amides is 1. The molecule has 184 valence electrons. The molecular formula is C27H21Cl2FN2O4. The number of hydrogen-bond acceptors (Lipinski definition) is 4. The second-order valence-electron chi connectivity index (χ2n) is 8.14. The van der Waals surface area contributed by atoms with Crippen LogP contribution in [0.3, 0.4) is 0 Å². The van der Waals surface area contributed by atoms with Gasteiger partial charge in [0.15, 0.2) is 0 Å². The lowest BCUT2D eigenvalue weighted by Crippen LogP contribution is -2.42. The van der Waals surface area contributed by atoms with Gasteiger partial charge >= 0.3 is 5.97 Å². The largest absolute Gasteiger partial charge is 0.496 e. The number of rotatable bonds is 7. The van der Waals surface area contributed by atoms with Crippen LogP contribution in [0.1, 0.15) is 21.5 Å². The Labute approximate surface area is 216 Å². The van der Waals surface area contributed by atoms with Crippen LogP contribution in [0.2, 0.25) is 10.0 Å². The van der Waals surface area contributed by atoms with Gasteiger partial charge in [-0.05, 0) is 47.9 Å². The molecule has 2 N–H and O–H groups in total. The Morgan fingerprint density at radius 3 is 2.47 bits per heavy atom. The summed E-state index contributed by atoms with van der Waals surface area (Å²) < 4.78 is 19.5. The molecule has 4 aromatic rings. The van der Waals surface area contributed by atoms with E-state index in [1.165, 1.54) is 25.3 Å². The SMILES string of the molecule is COc1cc(F)c(C)cc1-c1ccc(C[C@H](NC(=O)c2c(Cl)cccc2Cl)C(=O)O)c2ncccc12. The molecular weight excluding hydrogens is 506 g/mol. The van der Waals surface area contributed by atoms with Crippen molar-refractivity contribution in [2.24, 2.45) is 0 Å². The number of aryl methyl sites for hydroxylation is 1. The summed E-state index contributed by atoms with van der Waals surface area (Å²) in [5, 5.41) is 13.3. The van der Waals surface area contributed by atoms with Gasteiger partial charge < -0.3 is 15.2 Å². The van der Waals surface area contributed by atoms with Crippen molar-refractivity contribution >= 4 is 46.0 Å². The van der Waals surface area contributed by atoms with Crippen molar-refractivity contribution in [3.8, 4) is 16.9 Å². The molecule has 0 bridgehead atoms. The third-order valence-electron chi connectivity index (χ3n) is 5.84. The van der Waals surface area contributed by atoms with E-state index in [1.807, 2.05) is 6.07 Å². The number of methoxy groups -OCH3 is 1. The molecule has 1 heterocycles. The molecule has 0 aliphatic carbocycles. The monoisotopic (exact) mass is 526 g/mol. The molecule has 0 aliphatic heterocycles. The van der Waals surface area contributed by atoms with E-state index in [-0.39, 0.29) is 27.8 Å². The number of carbonyl (C=O) groups excluding carboxylic acids is 1. The standard InChI is InChI=1S/C27H21Cl2FN2O4/c1-14-11-18(23(36-2)13-21(14)30)16-9-8-15(25-17(16)5-4-10-31-25)12-22(27(34)35)32-26(33)24-19(28)6-3-7-20(24)29/h3-11,13,22H,12H2,1-2H3,(H,32,33)(H,34,35)/t22-/m0/s1. The zero-order valence-corrected chi connectivity index (χ0v) is 20.8. The molecule has 0 saturated heterocycles. The number of ether oxygens (including phenoxy) is 1.